The maximum Gasteiger partial charge on any atom is 0.513 e. The van der Waals surface area contributed by atoms with Gasteiger partial charge in [0.15, 0.2) is 0 Å². The average Bonchev–Trinajstić information content (AvgIpc) is 2.51. The molecule has 1 aromatic carbocycles. The monoisotopic (exact) mass is 372 g/mol. The number of hydrogen-bond acceptors (Lipinski definition) is 6. The second-order valence-electron chi connectivity index (χ2n) is 5.01. The Labute approximate surface area is 148 Å². The van der Waals surface area contributed by atoms with Gasteiger partial charge in [-0.05, 0) is 25.5 Å². The number of dihydropyridines is 1. The number of rotatable bonds is 3. The minimum Gasteiger partial charge on any atom is -0.437 e. The Kier molecular flexibility index (Phi) is 5.36. The minimum atomic E-state index is -1.01. The Balaban J connectivity index is 2.68. The molecule has 1 atom stereocenters. The molecule has 0 radical (unpaired) electrons. The molecule has 0 aromatic heterocycles. The minimum absolute atomic E-state index is 0.0308. The van der Waals surface area contributed by atoms with Crippen LogP contribution < -0.4 is 5.32 Å². The molecule has 0 saturated heterocycles. The van der Waals surface area contributed by atoms with E-state index < -0.39 is 17.0 Å². The van der Waals surface area contributed by atoms with Crippen molar-refractivity contribution in [3.8, 4) is 0 Å². The standard InChI is InChI=1S/C15H14Cl2N2O5/c1-7-13(19(21)22)11(9-5-4-6-10(16)12(9)17)14(8(2)18-7)24-15(20)23-3/h4-6,11,18H,1-3H3. The third-order valence-corrected chi connectivity index (χ3v) is 4.35. The molecule has 0 saturated carbocycles. The van der Waals surface area contributed by atoms with Gasteiger partial charge in [-0.1, -0.05) is 35.3 Å². The number of methoxy groups -OCH3 is 1. The molecular formula is C15H14Cl2N2O5. The summed E-state index contributed by atoms with van der Waals surface area (Å²) in [6.07, 6.45) is -0.989. The van der Waals surface area contributed by atoms with Crippen LogP contribution in [0.25, 0.3) is 0 Å². The third kappa shape index (κ3) is 3.32. The lowest BCUT2D eigenvalue weighted by Gasteiger charge is -2.27. The number of nitrogens with one attached hydrogen (secondary N) is 1. The van der Waals surface area contributed by atoms with Gasteiger partial charge in [-0.25, -0.2) is 4.79 Å². The van der Waals surface area contributed by atoms with E-state index in [1.807, 2.05) is 0 Å². The quantitative estimate of drug-likeness (QED) is 0.485. The summed E-state index contributed by atoms with van der Waals surface area (Å²) in [6.45, 7) is 3.19. The van der Waals surface area contributed by atoms with Crippen molar-refractivity contribution < 1.29 is 19.2 Å². The van der Waals surface area contributed by atoms with Crippen molar-refractivity contribution in [2.45, 2.75) is 19.8 Å². The van der Waals surface area contributed by atoms with Crippen LogP contribution in [0.2, 0.25) is 10.0 Å². The van der Waals surface area contributed by atoms with E-state index in [0.29, 0.717) is 17.0 Å². The molecule has 1 heterocycles. The maximum absolute atomic E-state index is 11.6. The largest absolute Gasteiger partial charge is 0.513 e. The zero-order chi connectivity index (χ0) is 18.0. The molecule has 1 aromatic rings. The smallest absolute Gasteiger partial charge is 0.437 e. The van der Waals surface area contributed by atoms with Crippen LogP contribution in [-0.2, 0) is 9.47 Å². The van der Waals surface area contributed by atoms with E-state index >= 15 is 0 Å². The predicted molar refractivity (Wildman–Crippen MR) is 88.2 cm³/mol. The summed E-state index contributed by atoms with van der Waals surface area (Å²) in [5.41, 5.74) is 0.916. The summed E-state index contributed by atoms with van der Waals surface area (Å²) in [5, 5.41) is 14.8. The predicted octanol–water partition coefficient (Wildman–Crippen LogP) is 4.20. The van der Waals surface area contributed by atoms with Crippen LogP contribution in [-0.4, -0.2) is 18.2 Å². The number of carbonyl (C=O) groups is 1. The fraction of sp³-hybridized carbons (Fsp3) is 0.267. The Morgan fingerprint density at radius 1 is 1.29 bits per heavy atom. The van der Waals surface area contributed by atoms with Crippen LogP contribution in [0, 0.1) is 10.1 Å². The van der Waals surface area contributed by atoms with Crippen LogP contribution in [0.5, 0.6) is 0 Å². The van der Waals surface area contributed by atoms with Crippen LogP contribution in [0.15, 0.2) is 41.0 Å². The summed E-state index contributed by atoms with van der Waals surface area (Å²) < 4.78 is 9.65. The van der Waals surface area contributed by atoms with Gasteiger partial charge in [0.1, 0.15) is 11.7 Å². The zero-order valence-corrected chi connectivity index (χ0v) is 14.6. The highest BCUT2D eigenvalue weighted by atomic mass is 35.5. The molecule has 0 fully saturated rings. The van der Waals surface area contributed by atoms with Gasteiger partial charge >= 0.3 is 6.16 Å². The van der Waals surface area contributed by atoms with Crippen molar-refractivity contribution in [1.82, 2.24) is 5.32 Å². The number of nitro groups is 1. The summed E-state index contributed by atoms with van der Waals surface area (Å²) in [7, 11) is 1.14. The van der Waals surface area contributed by atoms with Gasteiger partial charge in [0.05, 0.1) is 33.5 Å². The van der Waals surface area contributed by atoms with E-state index in [1.165, 1.54) is 0 Å². The molecule has 0 amide bonds. The molecule has 24 heavy (non-hydrogen) atoms. The topological polar surface area (TPSA) is 90.7 Å². The van der Waals surface area contributed by atoms with E-state index in [1.54, 1.807) is 32.0 Å². The van der Waals surface area contributed by atoms with Crippen LogP contribution in [0.3, 0.4) is 0 Å². The average molecular weight is 373 g/mol. The summed E-state index contributed by atoms with van der Waals surface area (Å²) in [6, 6.07) is 4.77. The first-order chi connectivity index (χ1) is 11.3. The van der Waals surface area contributed by atoms with E-state index in [0.717, 1.165) is 7.11 Å². The van der Waals surface area contributed by atoms with Gasteiger partial charge in [-0.2, -0.15) is 0 Å². The molecule has 0 aliphatic carbocycles. The van der Waals surface area contributed by atoms with Gasteiger partial charge in [0, 0.05) is 0 Å². The third-order valence-electron chi connectivity index (χ3n) is 3.51. The molecule has 1 N–H and O–H groups in total. The van der Waals surface area contributed by atoms with Gasteiger partial charge in [-0.15, -0.1) is 0 Å². The number of benzene rings is 1. The van der Waals surface area contributed by atoms with E-state index in [4.69, 9.17) is 27.9 Å². The molecule has 9 heteroatoms. The molecule has 0 bridgehead atoms. The summed E-state index contributed by atoms with van der Waals surface area (Å²) >= 11 is 12.3. The van der Waals surface area contributed by atoms with Gasteiger partial charge in [0.2, 0.25) is 0 Å². The number of ether oxygens (including phenoxy) is 2. The Morgan fingerprint density at radius 3 is 2.54 bits per heavy atom. The number of nitrogens with zero attached hydrogens (tertiary/aromatic N) is 1. The van der Waals surface area contributed by atoms with Crippen molar-refractivity contribution in [2.75, 3.05) is 7.11 Å². The first kappa shape index (κ1) is 18.1. The Morgan fingerprint density at radius 2 is 1.96 bits per heavy atom. The Bertz CT molecular complexity index is 773. The number of hydrogen-bond donors (Lipinski definition) is 1. The second kappa shape index (κ2) is 7.11. The first-order valence-electron chi connectivity index (χ1n) is 6.80. The number of allylic oxidation sites excluding steroid dienone is 2. The van der Waals surface area contributed by atoms with Gasteiger partial charge in [-0.3, -0.25) is 10.1 Å². The molecule has 7 nitrogen and oxygen atoms in total. The highest BCUT2D eigenvalue weighted by molar-refractivity contribution is 6.42. The molecule has 2 rings (SSSR count). The van der Waals surface area contributed by atoms with Gasteiger partial charge < -0.3 is 14.8 Å². The van der Waals surface area contributed by atoms with Crippen molar-refractivity contribution in [1.29, 1.82) is 0 Å². The van der Waals surface area contributed by atoms with E-state index in [-0.39, 0.29) is 21.5 Å². The second-order valence-corrected chi connectivity index (χ2v) is 5.80. The van der Waals surface area contributed by atoms with Crippen LogP contribution >= 0.6 is 23.2 Å². The molecule has 128 valence electrons. The fourth-order valence-corrected chi connectivity index (χ4v) is 2.92. The lowest BCUT2D eigenvalue weighted by Crippen LogP contribution is -2.30. The molecule has 0 spiro atoms. The van der Waals surface area contributed by atoms with E-state index in [9.17, 15) is 14.9 Å². The van der Waals surface area contributed by atoms with Crippen molar-refractivity contribution in [3.05, 3.63) is 66.8 Å². The number of carbonyl (C=O) groups excluding carboxylic acids is 1. The van der Waals surface area contributed by atoms with E-state index in [2.05, 4.69) is 10.1 Å². The lowest BCUT2D eigenvalue weighted by molar-refractivity contribution is -0.431. The molecule has 1 aliphatic heterocycles. The maximum atomic E-state index is 11.6. The summed E-state index contributed by atoms with van der Waals surface area (Å²) in [4.78, 5) is 22.6. The van der Waals surface area contributed by atoms with Crippen molar-refractivity contribution in [2.24, 2.45) is 0 Å². The zero-order valence-electron chi connectivity index (χ0n) is 13.1. The van der Waals surface area contributed by atoms with Crippen molar-refractivity contribution in [3.63, 3.8) is 0 Å². The molecule has 1 aliphatic rings. The van der Waals surface area contributed by atoms with Crippen molar-refractivity contribution >= 4 is 29.4 Å². The molecular weight excluding hydrogens is 359 g/mol. The first-order valence-corrected chi connectivity index (χ1v) is 7.56. The number of halogens is 2. The lowest BCUT2D eigenvalue weighted by atomic mass is 9.89. The highest BCUT2D eigenvalue weighted by Crippen LogP contribution is 2.43. The summed E-state index contributed by atoms with van der Waals surface area (Å²) in [5.74, 6) is -0.977. The van der Waals surface area contributed by atoms with Crippen LogP contribution in [0.1, 0.15) is 25.3 Å². The highest BCUT2D eigenvalue weighted by Gasteiger charge is 2.41. The Hall–Kier alpha value is -2.25. The van der Waals surface area contributed by atoms with Crippen LogP contribution in [0.4, 0.5) is 4.79 Å². The SMILES string of the molecule is COC(=O)OC1=C(C)NC(C)=C([N+](=O)[O-])C1c1cccc(Cl)c1Cl. The van der Waals surface area contributed by atoms with Gasteiger partial charge in [0.25, 0.3) is 5.70 Å². The normalized spacial score (nSPS) is 17.5. The molecule has 1 unspecified atom stereocenters. The fourth-order valence-electron chi connectivity index (χ4n) is 2.51.